The third-order valence-electron chi connectivity index (χ3n) is 5.19. The fourth-order valence-electron chi connectivity index (χ4n) is 3.82. The monoisotopic (exact) mass is 383 g/mol. The lowest BCUT2D eigenvalue weighted by Gasteiger charge is -2.18. The molecular formula is C25H21NO3. The Labute approximate surface area is 169 Å². The lowest BCUT2D eigenvalue weighted by atomic mass is 9.95. The number of rotatable bonds is 6. The molecule has 29 heavy (non-hydrogen) atoms. The van der Waals surface area contributed by atoms with E-state index in [-0.39, 0.29) is 12.3 Å². The van der Waals surface area contributed by atoms with Gasteiger partial charge in [0.15, 0.2) is 0 Å². The van der Waals surface area contributed by atoms with Crippen LogP contribution in [0.5, 0.6) is 0 Å². The zero-order valence-electron chi connectivity index (χ0n) is 15.8. The molecule has 0 unspecified atom stereocenters. The molecule has 0 saturated heterocycles. The predicted octanol–water partition coefficient (Wildman–Crippen LogP) is 4.47. The topological polar surface area (TPSA) is 66.4 Å². The van der Waals surface area contributed by atoms with E-state index in [1.165, 1.54) is 0 Å². The van der Waals surface area contributed by atoms with Gasteiger partial charge in [-0.05, 0) is 34.2 Å². The molecule has 4 heteroatoms. The second-order valence-electron chi connectivity index (χ2n) is 7.06. The summed E-state index contributed by atoms with van der Waals surface area (Å²) in [6, 6.07) is 24.2. The summed E-state index contributed by atoms with van der Waals surface area (Å²) >= 11 is 0. The van der Waals surface area contributed by atoms with Crippen LogP contribution in [-0.2, 0) is 9.59 Å². The Morgan fingerprint density at radius 3 is 2.00 bits per heavy atom. The second-order valence-corrected chi connectivity index (χ2v) is 7.06. The van der Waals surface area contributed by atoms with Gasteiger partial charge in [-0.25, -0.2) is 4.79 Å². The minimum atomic E-state index is -1.05. The van der Waals surface area contributed by atoms with Gasteiger partial charge >= 0.3 is 5.97 Å². The Balaban J connectivity index is 1.54. The van der Waals surface area contributed by atoms with Crippen molar-refractivity contribution in [2.45, 2.75) is 18.4 Å². The van der Waals surface area contributed by atoms with Gasteiger partial charge in [-0.3, -0.25) is 4.79 Å². The fourth-order valence-corrected chi connectivity index (χ4v) is 3.82. The van der Waals surface area contributed by atoms with Crippen LogP contribution in [0.3, 0.4) is 0 Å². The van der Waals surface area contributed by atoms with E-state index in [0.717, 1.165) is 27.8 Å². The largest absolute Gasteiger partial charge is 0.480 e. The molecule has 0 heterocycles. The van der Waals surface area contributed by atoms with Crippen molar-refractivity contribution in [3.8, 4) is 11.1 Å². The number of hydrogen-bond acceptors (Lipinski definition) is 2. The maximum Gasteiger partial charge on any atom is 0.326 e. The van der Waals surface area contributed by atoms with E-state index in [2.05, 4.69) is 5.32 Å². The Hall–Kier alpha value is -3.66. The molecule has 3 aromatic carbocycles. The van der Waals surface area contributed by atoms with Gasteiger partial charge in [0.1, 0.15) is 6.04 Å². The van der Waals surface area contributed by atoms with E-state index >= 15 is 0 Å². The minimum absolute atomic E-state index is 0.214. The number of carboxylic acids is 1. The number of carbonyl (C=O) groups is 2. The summed E-state index contributed by atoms with van der Waals surface area (Å²) in [7, 11) is 0. The Bertz CT molecular complexity index is 1030. The number of fused-ring (bicyclic) bond motifs is 3. The van der Waals surface area contributed by atoms with Gasteiger partial charge in [-0.1, -0.05) is 91.0 Å². The number of nitrogens with one attached hydrogen (secondary N) is 1. The van der Waals surface area contributed by atoms with Crippen LogP contribution in [0.1, 0.15) is 29.0 Å². The van der Waals surface area contributed by atoms with Crippen molar-refractivity contribution >= 4 is 18.0 Å². The lowest BCUT2D eigenvalue weighted by Crippen LogP contribution is -2.42. The van der Waals surface area contributed by atoms with E-state index in [0.29, 0.717) is 0 Å². The van der Waals surface area contributed by atoms with Gasteiger partial charge in [0, 0.05) is 0 Å². The molecule has 1 amide bonds. The molecule has 0 aliphatic heterocycles. The molecule has 0 spiro atoms. The predicted molar refractivity (Wildman–Crippen MR) is 113 cm³/mol. The molecule has 4 rings (SSSR count). The summed E-state index contributed by atoms with van der Waals surface area (Å²) in [5, 5.41) is 12.3. The highest BCUT2D eigenvalue weighted by molar-refractivity contribution is 5.97. The molecule has 0 bridgehead atoms. The van der Waals surface area contributed by atoms with Crippen molar-refractivity contribution < 1.29 is 14.7 Å². The molecule has 0 fully saturated rings. The SMILES string of the molecule is O=C(N[C@@H](C/C=C/c1ccccc1)C(=O)O)C1c2ccccc2-c2ccccc21. The molecule has 4 nitrogen and oxygen atoms in total. The summed E-state index contributed by atoms with van der Waals surface area (Å²) in [5.41, 5.74) is 4.87. The van der Waals surface area contributed by atoms with E-state index in [1.54, 1.807) is 6.08 Å². The van der Waals surface area contributed by atoms with Crippen molar-refractivity contribution in [1.29, 1.82) is 0 Å². The molecule has 144 valence electrons. The minimum Gasteiger partial charge on any atom is -0.480 e. The van der Waals surface area contributed by atoms with Crippen molar-refractivity contribution in [1.82, 2.24) is 5.32 Å². The normalized spacial score (nSPS) is 13.7. The standard InChI is InChI=1S/C25H21NO3/c27-24(26-22(25(28)29)16-8-11-17-9-2-1-3-10-17)23-20-14-6-4-12-18(20)19-13-5-7-15-21(19)23/h1-15,22-23H,16H2,(H,26,27)(H,28,29)/b11-8+/t22-/m0/s1. The molecular weight excluding hydrogens is 362 g/mol. The van der Waals surface area contributed by atoms with Crippen molar-refractivity contribution in [3.05, 3.63) is 102 Å². The molecule has 3 aromatic rings. The zero-order chi connectivity index (χ0) is 20.2. The van der Waals surface area contributed by atoms with Gasteiger partial charge in [-0.15, -0.1) is 0 Å². The van der Waals surface area contributed by atoms with Gasteiger partial charge in [0.05, 0.1) is 5.92 Å². The summed E-state index contributed by atoms with van der Waals surface area (Å²) in [4.78, 5) is 24.9. The smallest absolute Gasteiger partial charge is 0.326 e. The highest BCUT2D eigenvalue weighted by atomic mass is 16.4. The van der Waals surface area contributed by atoms with E-state index in [9.17, 15) is 14.7 Å². The van der Waals surface area contributed by atoms with Crippen LogP contribution in [-0.4, -0.2) is 23.0 Å². The molecule has 1 atom stereocenters. The maximum absolute atomic E-state index is 13.1. The summed E-state index contributed by atoms with van der Waals surface area (Å²) in [6.07, 6.45) is 3.86. The second kappa shape index (κ2) is 8.15. The number of benzene rings is 3. The van der Waals surface area contributed by atoms with Crippen LogP contribution < -0.4 is 5.32 Å². The Morgan fingerprint density at radius 1 is 0.862 bits per heavy atom. The van der Waals surface area contributed by atoms with Crippen molar-refractivity contribution in [3.63, 3.8) is 0 Å². The molecule has 1 aliphatic rings. The maximum atomic E-state index is 13.1. The molecule has 2 N–H and O–H groups in total. The third-order valence-corrected chi connectivity index (χ3v) is 5.19. The number of aliphatic carboxylic acids is 1. The molecule has 0 saturated carbocycles. The zero-order valence-corrected chi connectivity index (χ0v) is 15.8. The van der Waals surface area contributed by atoms with Crippen LogP contribution in [0.2, 0.25) is 0 Å². The first kappa shape index (κ1) is 18.7. The van der Waals surface area contributed by atoms with Gasteiger partial charge in [-0.2, -0.15) is 0 Å². The summed E-state index contributed by atoms with van der Waals surface area (Å²) in [6.45, 7) is 0. The third kappa shape index (κ3) is 3.83. The first-order chi connectivity index (χ1) is 14.1. The molecule has 0 radical (unpaired) electrons. The quantitative estimate of drug-likeness (QED) is 0.660. The number of amides is 1. The first-order valence-corrected chi connectivity index (χ1v) is 9.58. The van der Waals surface area contributed by atoms with Crippen LogP contribution >= 0.6 is 0 Å². The lowest BCUT2D eigenvalue weighted by molar-refractivity contribution is -0.141. The van der Waals surface area contributed by atoms with Gasteiger partial charge < -0.3 is 10.4 Å². The van der Waals surface area contributed by atoms with E-state index in [4.69, 9.17) is 0 Å². The summed E-state index contributed by atoms with van der Waals surface area (Å²) < 4.78 is 0. The van der Waals surface area contributed by atoms with Crippen LogP contribution in [0.25, 0.3) is 17.2 Å². The number of carbonyl (C=O) groups excluding carboxylic acids is 1. The van der Waals surface area contributed by atoms with E-state index in [1.807, 2.05) is 84.9 Å². The van der Waals surface area contributed by atoms with Crippen molar-refractivity contribution in [2.75, 3.05) is 0 Å². The average molecular weight is 383 g/mol. The van der Waals surface area contributed by atoms with E-state index < -0.39 is 17.9 Å². The first-order valence-electron chi connectivity index (χ1n) is 9.58. The van der Waals surface area contributed by atoms with Gasteiger partial charge in [0.25, 0.3) is 0 Å². The van der Waals surface area contributed by atoms with Crippen LogP contribution in [0, 0.1) is 0 Å². The number of carboxylic acid groups (broad SMARTS) is 1. The fraction of sp³-hybridized carbons (Fsp3) is 0.120. The summed E-state index contributed by atoms with van der Waals surface area (Å²) in [5.74, 6) is -1.83. The highest BCUT2D eigenvalue weighted by Gasteiger charge is 2.34. The number of hydrogen-bond donors (Lipinski definition) is 2. The average Bonchev–Trinajstić information content (AvgIpc) is 3.08. The highest BCUT2D eigenvalue weighted by Crippen LogP contribution is 2.44. The van der Waals surface area contributed by atoms with Gasteiger partial charge in [0.2, 0.25) is 5.91 Å². The van der Waals surface area contributed by atoms with Crippen molar-refractivity contribution in [2.24, 2.45) is 0 Å². The molecule has 1 aliphatic carbocycles. The Morgan fingerprint density at radius 2 is 1.41 bits per heavy atom. The van der Waals surface area contributed by atoms with Crippen LogP contribution in [0.15, 0.2) is 84.9 Å². The van der Waals surface area contributed by atoms with Crippen LogP contribution in [0.4, 0.5) is 0 Å². The molecule has 0 aromatic heterocycles. The Kier molecular flexibility index (Phi) is 5.25.